The fourth-order valence-electron chi connectivity index (χ4n) is 3.30. The number of amides is 2. The topological polar surface area (TPSA) is 112 Å². The third-order valence-corrected chi connectivity index (χ3v) is 4.84. The number of hydrogen-bond donors (Lipinski definition) is 2. The zero-order valence-corrected chi connectivity index (χ0v) is 16.4. The number of rotatable bonds is 7. The van der Waals surface area contributed by atoms with Gasteiger partial charge in [0.25, 0.3) is 5.91 Å². The number of fused-ring (bicyclic) bond motifs is 2. The molecule has 30 heavy (non-hydrogen) atoms. The summed E-state index contributed by atoms with van der Waals surface area (Å²) in [6, 6.07) is 6.91. The van der Waals surface area contributed by atoms with Crippen molar-refractivity contribution in [2.75, 3.05) is 19.9 Å². The molecule has 0 unspecified atom stereocenters. The van der Waals surface area contributed by atoms with Crippen molar-refractivity contribution in [1.82, 2.24) is 15.2 Å². The first kappa shape index (κ1) is 19.6. The summed E-state index contributed by atoms with van der Waals surface area (Å²) in [7, 11) is 0. The minimum absolute atomic E-state index is 0.0356. The molecule has 2 N–H and O–H groups in total. The Bertz CT molecular complexity index is 1150. The van der Waals surface area contributed by atoms with E-state index in [2.05, 4.69) is 10.6 Å². The highest BCUT2D eigenvalue weighted by Gasteiger charge is 2.20. The van der Waals surface area contributed by atoms with Crippen LogP contribution in [0.4, 0.5) is 0 Å². The minimum Gasteiger partial charge on any atom is -0.469 e. The third-order valence-electron chi connectivity index (χ3n) is 4.84. The van der Waals surface area contributed by atoms with Crippen LogP contribution in [0.1, 0.15) is 23.0 Å². The SMILES string of the molecule is CCn1cc(C(=O)NCC(=O)NCCc2ccco2)c(=O)c2cc3c(cc21)OCO3. The van der Waals surface area contributed by atoms with Crippen LogP contribution in [-0.2, 0) is 17.8 Å². The van der Waals surface area contributed by atoms with Gasteiger partial charge in [-0.15, -0.1) is 0 Å². The molecule has 0 atom stereocenters. The molecule has 2 aromatic heterocycles. The summed E-state index contributed by atoms with van der Waals surface area (Å²) in [5, 5.41) is 5.56. The molecule has 3 aromatic rings. The molecule has 4 rings (SSSR count). The van der Waals surface area contributed by atoms with Gasteiger partial charge < -0.3 is 29.1 Å². The summed E-state index contributed by atoms with van der Waals surface area (Å²) in [6.45, 7) is 2.69. The van der Waals surface area contributed by atoms with Crippen LogP contribution in [0, 0.1) is 0 Å². The Morgan fingerprint density at radius 3 is 2.70 bits per heavy atom. The fourth-order valence-corrected chi connectivity index (χ4v) is 3.30. The average Bonchev–Trinajstić information content (AvgIpc) is 3.43. The second kappa shape index (κ2) is 8.32. The molecule has 0 saturated carbocycles. The van der Waals surface area contributed by atoms with Gasteiger partial charge in [0.2, 0.25) is 18.1 Å². The lowest BCUT2D eigenvalue weighted by molar-refractivity contribution is -0.120. The fraction of sp³-hybridized carbons (Fsp3) is 0.286. The number of pyridine rings is 1. The van der Waals surface area contributed by atoms with Crippen LogP contribution < -0.4 is 25.5 Å². The Hall–Kier alpha value is -3.75. The lowest BCUT2D eigenvalue weighted by atomic mass is 10.1. The molecule has 1 aliphatic heterocycles. The van der Waals surface area contributed by atoms with E-state index >= 15 is 0 Å². The quantitative estimate of drug-likeness (QED) is 0.608. The van der Waals surface area contributed by atoms with Crippen molar-refractivity contribution in [3.05, 3.63) is 58.3 Å². The molecule has 9 nitrogen and oxygen atoms in total. The van der Waals surface area contributed by atoms with E-state index in [-0.39, 0.29) is 24.8 Å². The molecule has 0 bridgehead atoms. The maximum absolute atomic E-state index is 12.9. The van der Waals surface area contributed by atoms with E-state index in [1.807, 2.05) is 13.0 Å². The van der Waals surface area contributed by atoms with Crippen LogP contribution in [0.2, 0.25) is 0 Å². The van der Waals surface area contributed by atoms with Crippen LogP contribution in [0.5, 0.6) is 11.5 Å². The van der Waals surface area contributed by atoms with Crippen molar-refractivity contribution in [3.63, 3.8) is 0 Å². The molecule has 1 aromatic carbocycles. The van der Waals surface area contributed by atoms with Gasteiger partial charge in [-0.2, -0.15) is 0 Å². The van der Waals surface area contributed by atoms with Crippen LogP contribution in [0.15, 0.2) is 45.9 Å². The van der Waals surface area contributed by atoms with E-state index in [1.54, 1.807) is 29.0 Å². The maximum Gasteiger partial charge on any atom is 0.257 e. The smallest absolute Gasteiger partial charge is 0.257 e. The van der Waals surface area contributed by atoms with Gasteiger partial charge in [0.05, 0.1) is 23.7 Å². The zero-order chi connectivity index (χ0) is 21.1. The Balaban J connectivity index is 1.46. The molecule has 0 fully saturated rings. The van der Waals surface area contributed by atoms with Gasteiger partial charge in [0.1, 0.15) is 11.3 Å². The first-order valence-corrected chi connectivity index (χ1v) is 9.61. The van der Waals surface area contributed by atoms with E-state index in [9.17, 15) is 14.4 Å². The highest BCUT2D eigenvalue weighted by atomic mass is 16.7. The van der Waals surface area contributed by atoms with Crippen molar-refractivity contribution in [1.29, 1.82) is 0 Å². The van der Waals surface area contributed by atoms with Crippen molar-refractivity contribution in [2.24, 2.45) is 0 Å². The van der Waals surface area contributed by atoms with Crippen molar-refractivity contribution >= 4 is 22.7 Å². The largest absolute Gasteiger partial charge is 0.469 e. The molecule has 0 saturated heterocycles. The lowest BCUT2D eigenvalue weighted by Gasteiger charge is -2.12. The van der Waals surface area contributed by atoms with Gasteiger partial charge >= 0.3 is 0 Å². The number of carbonyl (C=O) groups excluding carboxylic acids is 2. The lowest BCUT2D eigenvalue weighted by Crippen LogP contribution is -2.39. The highest BCUT2D eigenvalue weighted by Crippen LogP contribution is 2.35. The monoisotopic (exact) mass is 411 g/mol. The number of ether oxygens (including phenoxy) is 2. The van der Waals surface area contributed by atoms with Crippen molar-refractivity contribution < 1.29 is 23.5 Å². The van der Waals surface area contributed by atoms with Crippen LogP contribution in [-0.4, -0.2) is 36.3 Å². The number of nitrogens with one attached hydrogen (secondary N) is 2. The number of furan rings is 1. The number of hydrogen-bond acceptors (Lipinski definition) is 6. The normalized spacial score (nSPS) is 12.2. The molecule has 0 aliphatic carbocycles. The van der Waals surface area contributed by atoms with Gasteiger partial charge in [-0.25, -0.2) is 0 Å². The molecule has 3 heterocycles. The Morgan fingerprint density at radius 2 is 1.97 bits per heavy atom. The van der Waals surface area contributed by atoms with E-state index in [1.165, 1.54) is 6.20 Å². The first-order chi connectivity index (χ1) is 14.6. The summed E-state index contributed by atoms with van der Waals surface area (Å²) >= 11 is 0. The third kappa shape index (κ3) is 3.86. The Morgan fingerprint density at radius 1 is 1.17 bits per heavy atom. The molecule has 1 aliphatic rings. The van der Waals surface area contributed by atoms with Gasteiger partial charge in [0, 0.05) is 31.8 Å². The zero-order valence-electron chi connectivity index (χ0n) is 16.4. The number of aryl methyl sites for hydroxylation is 1. The molecular weight excluding hydrogens is 390 g/mol. The standard InChI is InChI=1S/C21H21N3O6/c1-2-24-11-15(20(26)14-8-17-18(9-16(14)24)30-12-29-17)21(27)23-10-19(25)22-6-5-13-4-3-7-28-13/h3-4,7-9,11H,2,5-6,10,12H2,1H3,(H,22,25)(H,23,27). The predicted octanol–water partition coefficient (Wildman–Crippen LogP) is 1.43. The summed E-state index contributed by atoms with van der Waals surface area (Å²) in [6.07, 6.45) is 3.61. The maximum atomic E-state index is 12.9. The number of aromatic nitrogens is 1. The second-order valence-electron chi connectivity index (χ2n) is 6.74. The number of benzene rings is 1. The molecule has 0 spiro atoms. The molecule has 0 radical (unpaired) electrons. The van der Waals surface area contributed by atoms with Crippen LogP contribution in [0.25, 0.3) is 10.9 Å². The minimum atomic E-state index is -0.608. The van der Waals surface area contributed by atoms with E-state index < -0.39 is 11.3 Å². The molecule has 2 amide bonds. The summed E-state index contributed by atoms with van der Waals surface area (Å²) in [5.41, 5.74) is 0.189. The first-order valence-electron chi connectivity index (χ1n) is 9.61. The van der Waals surface area contributed by atoms with Gasteiger partial charge in [-0.3, -0.25) is 14.4 Å². The van der Waals surface area contributed by atoms with Gasteiger partial charge in [-0.05, 0) is 25.1 Å². The molecule has 9 heteroatoms. The second-order valence-corrected chi connectivity index (χ2v) is 6.74. The summed E-state index contributed by atoms with van der Waals surface area (Å²) < 4.78 is 17.7. The van der Waals surface area contributed by atoms with E-state index in [0.717, 1.165) is 5.76 Å². The highest BCUT2D eigenvalue weighted by molar-refractivity contribution is 5.99. The van der Waals surface area contributed by atoms with Crippen molar-refractivity contribution in [2.45, 2.75) is 19.9 Å². The summed E-state index contributed by atoms with van der Waals surface area (Å²) in [5.74, 6) is 0.831. The van der Waals surface area contributed by atoms with Gasteiger partial charge in [-0.1, -0.05) is 0 Å². The van der Waals surface area contributed by atoms with E-state index in [0.29, 0.717) is 41.9 Å². The summed E-state index contributed by atoms with van der Waals surface area (Å²) in [4.78, 5) is 37.5. The van der Waals surface area contributed by atoms with Crippen LogP contribution >= 0.6 is 0 Å². The average molecular weight is 411 g/mol. The van der Waals surface area contributed by atoms with Crippen molar-refractivity contribution in [3.8, 4) is 11.5 Å². The van der Waals surface area contributed by atoms with Crippen LogP contribution in [0.3, 0.4) is 0 Å². The predicted molar refractivity (Wildman–Crippen MR) is 108 cm³/mol. The number of carbonyl (C=O) groups is 2. The Kier molecular flexibility index (Phi) is 5.42. The van der Waals surface area contributed by atoms with E-state index in [4.69, 9.17) is 13.9 Å². The molecular formula is C21H21N3O6. The molecule has 156 valence electrons. The Labute approximate surface area is 171 Å². The van der Waals surface area contributed by atoms with Gasteiger partial charge in [0.15, 0.2) is 11.5 Å². The number of nitrogens with zero attached hydrogens (tertiary/aromatic N) is 1.